The largest absolute Gasteiger partial charge is 0.472 e. The van der Waals surface area contributed by atoms with Crippen molar-refractivity contribution >= 4 is 13.8 Å². The highest BCUT2D eigenvalue weighted by molar-refractivity contribution is 7.47. The molecule has 0 saturated heterocycles. The van der Waals surface area contributed by atoms with Crippen molar-refractivity contribution in [3.63, 3.8) is 0 Å². The van der Waals surface area contributed by atoms with Gasteiger partial charge in [-0.2, -0.15) is 0 Å². The lowest BCUT2D eigenvalue weighted by Crippen LogP contribution is -2.37. The SMILES string of the molecule is CCCCCCC/C=C\C/C=C\C/C=C\CCCCCCCCCCCCC(=O)OC(COCCCCCCCCCCCC)COP(=O)(O)OCC[N+](C)(C)C. The zero-order chi connectivity index (χ0) is 42.0. The van der Waals surface area contributed by atoms with Crippen LogP contribution in [0.15, 0.2) is 36.5 Å². The minimum Gasteiger partial charge on any atom is -0.457 e. The lowest BCUT2D eigenvalue weighted by Gasteiger charge is -2.24. The van der Waals surface area contributed by atoms with Crippen molar-refractivity contribution in [3.05, 3.63) is 36.5 Å². The van der Waals surface area contributed by atoms with Gasteiger partial charge in [-0.05, 0) is 51.4 Å². The van der Waals surface area contributed by atoms with E-state index in [0.29, 0.717) is 24.1 Å². The molecular formula is C48H93NO7P+. The van der Waals surface area contributed by atoms with Crippen LogP contribution in [-0.2, 0) is 27.9 Å². The number of ether oxygens (including phenoxy) is 2. The Balaban J connectivity index is 4.08. The molecule has 0 aliphatic heterocycles. The van der Waals surface area contributed by atoms with Crippen molar-refractivity contribution in [2.45, 2.75) is 213 Å². The Labute approximate surface area is 353 Å². The maximum absolute atomic E-state index is 12.7. The first kappa shape index (κ1) is 55.7. The van der Waals surface area contributed by atoms with E-state index >= 15 is 0 Å². The predicted molar refractivity (Wildman–Crippen MR) is 243 cm³/mol. The molecule has 0 aliphatic rings. The maximum atomic E-state index is 12.7. The van der Waals surface area contributed by atoms with Gasteiger partial charge in [-0.25, -0.2) is 4.57 Å². The summed E-state index contributed by atoms with van der Waals surface area (Å²) in [7, 11) is 1.67. The molecule has 0 aromatic rings. The van der Waals surface area contributed by atoms with Crippen LogP contribution in [0.3, 0.4) is 0 Å². The van der Waals surface area contributed by atoms with Crippen LogP contribution in [0.25, 0.3) is 0 Å². The Morgan fingerprint density at radius 1 is 0.544 bits per heavy atom. The molecular weight excluding hydrogens is 734 g/mol. The Morgan fingerprint density at radius 3 is 1.44 bits per heavy atom. The molecule has 2 atom stereocenters. The van der Waals surface area contributed by atoms with E-state index in [2.05, 4.69) is 50.3 Å². The third-order valence-corrected chi connectivity index (χ3v) is 11.2. The van der Waals surface area contributed by atoms with Crippen molar-refractivity contribution in [3.8, 4) is 0 Å². The fourth-order valence-electron chi connectivity index (χ4n) is 6.50. The highest BCUT2D eigenvalue weighted by atomic mass is 31.2. The number of allylic oxidation sites excluding steroid dienone is 6. The first-order valence-corrected chi connectivity index (χ1v) is 25.2. The smallest absolute Gasteiger partial charge is 0.457 e. The number of phosphoric ester groups is 1. The van der Waals surface area contributed by atoms with Gasteiger partial charge in [0.2, 0.25) is 0 Å². The van der Waals surface area contributed by atoms with E-state index in [9.17, 15) is 14.3 Å². The van der Waals surface area contributed by atoms with Gasteiger partial charge in [0.05, 0.1) is 34.4 Å². The average Bonchev–Trinajstić information content (AvgIpc) is 3.16. The monoisotopic (exact) mass is 827 g/mol. The van der Waals surface area contributed by atoms with Crippen molar-refractivity contribution in [1.29, 1.82) is 0 Å². The van der Waals surface area contributed by atoms with Crippen LogP contribution in [0.5, 0.6) is 0 Å². The van der Waals surface area contributed by atoms with Crippen molar-refractivity contribution in [2.75, 3.05) is 54.1 Å². The number of hydrogen-bond donors (Lipinski definition) is 1. The lowest BCUT2D eigenvalue weighted by atomic mass is 10.0. The van der Waals surface area contributed by atoms with E-state index in [-0.39, 0.29) is 25.8 Å². The van der Waals surface area contributed by atoms with Gasteiger partial charge in [-0.15, -0.1) is 0 Å². The number of rotatable bonds is 44. The number of hydrogen-bond acceptors (Lipinski definition) is 6. The number of quaternary nitrogens is 1. The van der Waals surface area contributed by atoms with Gasteiger partial charge in [0, 0.05) is 13.0 Å². The second-order valence-electron chi connectivity index (χ2n) is 17.1. The Bertz CT molecular complexity index is 1010. The number of unbranched alkanes of at least 4 members (excludes halogenated alkanes) is 24. The van der Waals surface area contributed by atoms with Crippen LogP contribution in [0.1, 0.15) is 206 Å². The van der Waals surface area contributed by atoms with Crippen molar-refractivity contribution in [1.82, 2.24) is 0 Å². The van der Waals surface area contributed by atoms with E-state index < -0.39 is 13.9 Å². The molecule has 0 heterocycles. The fraction of sp³-hybridized carbons (Fsp3) is 0.854. The fourth-order valence-corrected chi connectivity index (χ4v) is 7.24. The summed E-state index contributed by atoms with van der Waals surface area (Å²) in [4.78, 5) is 22.9. The Morgan fingerprint density at radius 2 is 0.965 bits per heavy atom. The molecule has 2 unspecified atom stereocenters. The molecule has 0 bridgehead atoms. The van der Waals surface area contributed by atoms with E-state index in [0.717, 1.165) is 44.9 Å². The van der Waals surface area contributed by atoms with Crippen LogP contribution in [0, 0.1) is 0 Å². The van der Waals surface area contributed by atoms with E-state index in [4.69, 9.17) is 18.5 Å². The predicted octanol–water partition coefficient (Wildman–Crippen LogP) is 14.2. The van der Waals surface area contributed by atoms with Gasteiger partial charge in [-0.1, -0.05) is 185 Å². The van der Waals surface area contributed by atoms with Gasteiger partial charge in [0.25, 0.3) is 0 Å². The lowest BCUT2D eigenvalue weighted by molar-refractivity contribution is -0.870. The summed E-state index contributed by atoms with van der Waals surface area (Å²) >= 11 is 0. The molecule has 1 N–H and O–H groups in total. The molecule has 9 heteroatoms. The molecule has 0 rings (SSSR count). The number of likely N-dealkylation sites (N-methyl/N-ethyl adjacent to an activating group) is 1. The third kappa shape index (κ3) is 45.7. The van der Waals surface area contributed by atoms with Crippen LogP contribution >= 0.6 is 7.82 Å². The second-order valence-corrected chi connectivity index (χ2v) is 18.6. The molecule has 336 valence electrons. The minimum absolute atomic E-state index is 0.0887. The zero-order valence-corrected chi connectivity index (χ0v) is 39.0. The number of nitrogens with zero attached hydrogens (tertiary/aromatic N) is 1. The normalized spacial score (nSPS) is 14.0. The van der Waals surface area contributed by atoms with E-state index in [1.165, 1.54) is 141 Å². The van der Waals surface area contributed by atoms with E-state index in [1.807, 2.05) is 21.1 Å². The summed E-state index contributed by atoms with van der Waals surface area (Å²) in [5.74, 6) is -0.317. The van der Waals surface area contributed by atoms with Crippen LogP contribution < -0.4 is 0 Å². The second kappa shape index (κ2) is 41.5. The van der Waals surface area contributed by atoms with Gasteiger partial charge in [0.15, 0.2) is 0 Å². The summed E-state index contributed by atoms with van der Waals surface area (Å²) in [6.45, 7) is 5.62. The number of carbonyl (C=O) groups excluding carboxylic acids is 1. The molecule has 0 aromatic heterocycles. The highest BCUT2D eigenvalue weighted by Gasteiger charge is 2.26. The van der Waals surface area contributed by atoms with Crippen molar-refractivity contribution in [2.24, 2.45) is 0 Å². The van der Waals surface area contributed by atoms with Gasteiger partial charge in [0.1, 0.15) is 19.3 Å². The van der Waals surface area contributed by atoms with Crippen LogP contribution in [0.2, 0.25) is 0 Å². The molecule has 0 aromatic carbocycles. The van der Waals surface area contributed by atoms with Crippen LogP contribution in [0.4, 0.5) is 0 Å². The van der Waals surface area contributed by atoms with E-state index in [1.54, 1.807) is 0 Å². The quantitative estimate of drug-likeness (QED) is 0.0215. The zero-order valence-electron chi connectivity index (χ0n) is 38.1. The third-order valence-electron chi connectivity index (χ3n) is 10.2. The molecule has 0 fully saturated rings. The van der Waals surface area contributed by atoms with Gasteiger partial charge < -0.3 is 18.9 Å². The first-order chi connectivity index (χ1) is 27.6. The molecule has 8 nitrogen and oxygen atoms in total. The molecule has 0 saturated carbocycles. The summed E-state index contributed by atoms with van der Waals surface area (Å²) < 4.78 is 35.0. The van der Waals surface area contributed by atoms with Gasteiger partial charge in [-0.3, -0.25) is 13.8 Å². The standard InChI is InChI=1S/C48H92NO7P/c1-6-8-10-12-14-16-18-19-20-21-22-23-24-25-26-27-28-29-30-31-32-33-35-37-39-41-48(50)56-47(46-55-57(51,52)54-44-42-49(3,4)5)45-53-43-40-38-36-34-17-15-13-11-9-7-2/h18-19,21-22,24-25,47H,6-17,20,23,26-46H2,1-5H3/p+1/b19-18-,22-21-,25-24-. The maximum Gasteiger partial charge on any atom is 0.472 e. The molecule has 0 amide bonds. The number of esters is 1. The topological polar surface area (TPSA) is 91.3 Å². The summed E-state index contributed by atoms with van der Waals surface area (Å²) in [5.41, 5.74) is 0. The number of phosphoric acid groups is 1. The molecule has 0 spiro atoms. The Hall–Kier alpha value is -1.28. The highest BCUT2D eigenvalue weighted by Crippen LogP contribution is 2.43. The van der Waals surface area contributed by atoms with Gasteiger partial charge >= 0.3 is 13.8 Å². The Kier molecular flexibility index (Phi) is 40.5. The summed E-state index contributed by atoms with van der Waals surface area (Å²) in [6.07, 6.45) is 49.0. The molecule has 0 radical (unpaired) electrons. The summed E-state index contributed by atoms with van der Waals surface area (Å²) in [5, 5.41) is 0. The number of carbonyl (C=O) groups is 1. The van der Waals surface area contributed by atoms with Crippen molar-refractivity contribution < 1.29 is 37.3 Å². The molecule has 0 aliphatic carbocycles. The summed E-state index contributed by atoms with van der Waals surface area (Å²) in [6, 6.07) is 0. The average molecular weight is 827 g/mol. The first-order valence-electron chi connectivity index (χ1n) is 23.7. The molecule has 57 heavy (non-hydrogen) atoms. The minimum atomic E-state index is -4.27. The van der Waals surface area contributed by atoms with Crippen LogP contribution in [-0.4, -0.2) is 75.6 Å².